The molecule has 0 heterocycles. The molecule has 162 valence electrons. The summed E-state index contributed by atoms with van der Waals surface area (Å²) >= 11 is 0. The summed E-state index contributed by atoms with van der Waals surface area (Å²) < 4.78 is 0. The molecule has 0 saturated heterocycles. The van der Waals surface area contributed by atoms with Gasteiger partial charge in [-0.1, -0.05) is 110 Å². The first-order chi connectivity index (χ1) is 16.2. The Bertz CT molecular complexity index is 1210. The molecule has 0 bridgehead atoms. The van der Waals surface area contributed by atoms with Crippen molar-refractivity contribution in [1.29, 1.82) is 5.26 Å². The van der Waals surface area contributed by atoms with Gasteiger partial charge in [0, 0.05) is 0 Å². The third-order valence-corrected chi connectivity index (χ3v) is 6.12. The normalized spacial score (nSPS) is 11.9. The van der Waals surface area contributed by atoms with Crippen molar-refractivity contribution in [2.75, 3.05) is 0 Å². The van der Waals surface area contributed by atoms with Crippen LogP contribution in [-0.4, -0.2) is 0 Å². The zero-order valence-electron chi connectivity index (χ0n) is 19.1. The molecule has 33 heavy (non-hydrogen) atoms. The second-order valence-electron chi connectivity index (χ2n) is 8.64. The van der Waals surface area contributed by atoms with Gasteiger partial charge in [-0.3, -0.25) is 0 Å². The summed E-state index contributed by atoms with van der Waals surface area (Å²) in [5.74, 6) is 0.517. The van der Waals surface area contributed by atoms with Gasteiger partial charge >= 0.3 is 0 Å². The van der Waals surface area contributed by atoms with Crippen LogP contribution in [0.15, 0.2) is 103 Å². The predicted molar refractivity (Wildman–Crippen MR) is 139 cm³/mol. The molecular formula is C32H29N. The van der Waals surface area contributed by atoms with Crippen LogP contribution in [-0.2, 0) is 19.3 Å². The number of rotatable bonds is 8. The molecule has 0 radical (unpaired) electrons. The van der Waals surface area contributed by atoms with Gasteiger partial charge in [-0.2, -0.15) is 5.26 Å². The molecule has 0 saturated carbocycles. The van der Waals surface area contributed by atoms with E-state index < -0.39 is 0 Å². The monoisotopic (exact) mass is 427 g/mol. The molecule has 4 aromatic rings. The van der Waals surface area contributed by atoms with E-state index in [1.807, 2.05) is 24.3 Å². The van der Waals surface area contributed by atoms with E-state index >= 15 is 0 Å². The average molecular weight is 428 g/mol. The lowest BCUT2D eigenvalue weighted by atomic mass is 9.93. The van der Waals surface area contributed by atoms with Gasteiger partial charge < -0.3 is 0 Å². The van der Waals surface area contributed by atoms with Crippen LogP contribution in [0.25, 0.3) is 12.2 Å². The van der Waals surface area contributed by atoms with Gasteiger partial charge in [-0.25, -0.2) is 0 Å². The molecule has 1 heteroatoms. The van der Waals surface area contributed by atoms with Crippen molar-refractivity contribution in [1.82, 2.24) is 0 Å². The number of hydrogen-bond donors (Lipinski definition) is 0. The van der Waals surface area contributed by atoms with Crippen molar-refractivity contribution < 1.29 is 0 Å². The van der Waals surface area contributed by atoms with E-state index in [9.17, 15) is 0 Å². The maximum atomic E-state index is 8.91. The second kappa shape index (κ2) is 11.1. The molecule has 1 nitrogen and oxygen atoms in total. The quantitative estimate of drug-likeness (QED) is 0.263. The van der Waals surface area contributed by atoms with Gasteiger partial charge in [0.05, 0.1) is 11.6 Å². The van der Waals surface area contributed by atoms with E-state index in [1.165, 1.54) is 33.4 Å². The van der Waals surface area contributed by atoms with Crippen LogP contribution in [0.3, 0.4) is 0 Å². The summed E-state index contributed by atoms with van der Waals surface area (Å²) in [7, 11) is 0. The summed E-state index contributed by atoms with van der Waals surface area (Å²) in [6.07, 6.45) is 7.38. The molecule has 0 spiro atoms. The Morgan fingerprint density at radius 3 is 1.64 bits per heavy atom. The summed E-state index contributed by atoms with van der Waals surface area (Å²) in [4.78, 5) is 0. The van der Waals surface area contributed by atoms with Crippen molar-refractivity contribution >= 4 is 12.2 Å². The lowest BCUT2D eigenvalue weighted by Crippen LogP contribution is -1.98. The first-order valence-corrected chi connectivity index (χ1v) is 11.6. The van der Waals surface area contributed by atoms with Crippen molar-refractivity contribution in [2.24, 2.45) is 0 Å². The molecule has 4 rings (SSSR count). The SMILES string of the molecule is CC(Cc1ccc(/C=C/c2ccc(CCc3ccc(C#N)cc3)cc2)cc1)c1ccccc1. The topological polar surface area (TPSA) is 23.8 Å². The zero-order valence-corrected chi connectivity index (χ0v) is 19.1. The van der Waals surface area contributed by atoms with E-state index in [1.54, 1.807) is 0 Å². The van der Waals surface area contributed by atoms with Gasteiger partial charge in [0.1, 0.15) is 0 Å². The molecule has 0 fully saturated rings. The van der Waals surface area contributed by atoms with Gasteiger partial charge in [0.15, 0.2) is 0 Å². The van der Waals surface area contributed by atoms with Crippen LogP contribution < -0.4 is 0 Å². The molecule has 0 N–H and O–H groups in total. The minimum atomic E-state index is 0.517. The van der Waals surface area contributed by atoms with Crippen LogP contribution in [0.1, 0.15) is 51.8 Å². The zero-order chi connectivity index (χ0) is 22.9. The molecule has 0 aromatic heterocycles. The van der Waals surface area contributed by atoms with Gasteiger partial charge in [-0.05, 0) is 70.7 Å². The minimum absolute atomic E-state index is 0.517. The summed E-state index contributed by atoms with van der Waals surface area (Å²) in [5, 5.41) is 8.91. The summed E-state index contributed by atoms with van der Waals surface area (Å²) in [6.45, 7) is 2.29. The number of benzene rings is 4. The van der Waals surface area contributed by atoms with Crippen LogP contribution in [0.5, 0.6) is 0 Å². The highest BCUT2D eigenvalue weighted by Gasteiger charge is 2.06. The average Bonchev–Trinajstić information content (AvgIpc) is 2.88. The Balaban J connectivity index is 1.29. The fraction of sp³-hybridized carbons (Fsp3) is 0.156. The fourth-order valence-corrected chi connectivity index (χ4v) is 4.04. The lowest BCUT2D eigenvalue weighted by Gasteiger charge is -2.12. The molecule has 1 atom stereocenters. The highest BCUT2D eigenvalue weighted by atomic mass is 14.2. The number of hydrogen-bond acceptors (Lipinski definition) is 1. The van der Waals surface area contributed by atoms with Crippen LogP contribution in [0, 0.1) is 11.3 Å². The second-order valence-corrected chi connectivity index (χ2v) is 8.64. The molecule has 0 aliphatic carbocycles. The Morgan fingerprint density at radius 1 is 0.636 bits per heavy atom. The van der Waals surface area contributed by atoms with E-state index in [-0.39, 0.29) is 0 Å². The van der Waals surface area contributed by atoms with Crippen LogP contribution in [0.2, 0.25) is 0 Å². The minimum Gasteiger partial charge on any atom is -0.192 e. The highest BCUT2D eigenvalue weighted by molar-refractivity contribution is 5.69. The number of nitrogens with zero attached hydrogens (tertiary/aromatic N) is 1. The summed E-state index contributed by atoms with van der Waals surface area (Å²) in [5.41, 5.74) is 8.49. The molecule has 0 aliphatic heterocycles. The van der Waals surface area contributed by atoms with Crippen LogP contribution >= 0.6 is 0 Å². The van der Waals surface area contributed by atoms with Crippen LogP contribution in [0.4, 0.5) is 0 Å². The Morgan fingerprint density at radius 2 is 1.12 bits per heavy atom. The molecule has 0 amide bonds. The third-order valence-electron chi connectivity index (χ3n) is 6.12. The first-order valence-electron chi connectivity index (χ1n) is 11.6. The standard InChI is InChI=1S/C32H29N/c1-25(32-5-3-2-4-6-32)23-30-19-15-28(16-20-30)13-11-26-7-9-27(10-8-26)12-14-29-17-21-31(24-33)22-18-29/h2-11,13,15-22,25H,12,14,23H2,1H3/b13-11+. The van der Waals surface area contributed by atoms with E-state index in [0.29, 0.717) is 11.5 Å². The van der Waals surface area contributed by atoms with Crippen molar-refractivity contribution in [3.8, 4) is 6.07 Å². The first kappa shape index (κ1) is 22.3. The van der Waals surface area contributed by atoms with Gasteiger partial charge in [0.2, 0.25) is 0 Å². The van der Waals surface area contributed by atoms with E-state index in [4.69, 9.17) is 5.26 Å². The smallest absolute Gasteiger partial charge is 0.0991 e. The van der Waals surface area contributed by atoms with Crippen molar-refractivity contribution in [3.63, 3.8) is 0 Å². The molecule has 4 aromatic carbocycles. The highest BCUT2D eigenvalue weighted by Crippen LogP contribution is 2.21. The largest absolute Gasteiger partial charge is 0.192 e. The third kappa shape index (κ3) is 6.55. The van der Waals surface area contributed by atoms with Gasteiger partial charge in [0.25, 0.3) is 0 Å². The maximum absolute atomic E-state index is 8.91. The Hall–Kier alpha value is -3.89. The molecular weight excluding hydrogens is 398 g/mol. The fourth-order valence-electron chi connectivity index (χ4n) is 4.04. The lowest BCUT2D eigenvalue weighted by molar-refractivity contribution is 0.759. The van der Waals surface area contributed by atoms with E-state index in [2.05, 4.69) is 104 Å². The number of nitriles is 1. The predicted octanol–water partition coefficient (Wildman–Crippen LogP) is 7.86. The van der Waals surface area contributed by atoms with Crippen molar-refractivity contribution in [2.45, 2.75) is 32.1 Å². The molecule has 1 unspecified atom stereocenters. The number of aryl methyl sites for hydroxylation is 2. The Kier molecular flexibility index (Phi) is 7.52. The van der Waals surface area contributed by atoms with Crippen molar-refractivity contribution in [3.05, 3.63) is 142 Å². The Labute approximate surface area is 197 Å². The van der Waals surface area contributed by atoms with E-state index in [0.717, 1.165) is 19.3 Å². The summed E-state index contributed by atoms with van der Waals surface area (Å²) in [6, 6.07) is 38.4. The van der Waals surface area contributed by atoms with Gasteiger partial charge in [-0.15, -0.1) is 0 Å². The maximum Gasteiger partial charge on any atom is 0.0991 e. The molecule has 0 aliphatic rings.